The number of nitrogens with one attached hydrogen (secondary N) is 1. The monoisotopic (exact) mass is 369 g/mol. The molecule has 2 heterocycles. The molecule has 2 aromatic carbocycles. The van der Waals surface area contributed by atoms with Gasteiger partial charge in [-0.1, -0.05) is 18.2 Å². The number of aromatic amines is 1. The van der Waals surface area contributed by atoms with Gasteiger partial charge in [-0.05, 0) is 49.8 Å². The van der Waals surface area contributed by atoms with Crippen LogP contribution >= 0.6 is 12.2 Å². The van der Waals surface area contributed by atoms with E-state index < -0.39 is 0 Å². The fourth-order valence-electron chi connectivity index (χ4n) is 2.93. The van der Waals surface area contributed by atoms with Gasteiger partial charge >= 0.3 is 0 Å². The second kappa shape index (κ2) is 6.84. The molecule has 1 atom stereocenters. The topological polar surface area (TPSA) is 61.3 Å². The number of nitrogens with zero attached hydrogens (tertiary/aromatic N) is 2. The Kier molecular flexibility index (Phi) is 4.38. The van der Waals surface area contributed by atoms with Gasteiger partial charge in [-0.3, -0.25) is 9.67 Å². The summed E-state index contributed by atoms with van der Waals surface area (Å²) in [6.07, 6.45) is -0.294. The first kappa shape index (κ1) is 16.7. The fourth-order valence-corrected chi connectivity index (χ4v) is 3.18. The Morgan fingerprint density at radius 3 is 2.73 bits per heavy atom. The minimum atomic E-state index is -0.294. The number of fused-ring (bicyclic) bond motifs is 1. The molecule has 0 spiro atoms. The number of rotatable bonds is 4. The number of hydrogen-bond acceptors (Lipinski definition) is 5. The maximum atomic E-state index is 6.11. The summed E-state index contributed by atoms with van der Waals surface area (Å²) < 4.78 is 19.7. The van der Waals surface area contributed by atoms with Crippen LogP contribution in [0.4, 0.5) is 0 Å². The molecular formula is C19H19N3O3S. The van der Waals surface area contributed by atoms with Crippen LogP contribution in [0.1, 0.15) is 24.4 Å². The zero-order valence-corrected chi connectivity index (χ0v) is 15.4. The molecule has 1 unspecified atom stereocenters. The van der Waals surface area contributed by atoms with Crippen molar-refractivity contribution in [3.63, 3.8) is 0 Å². The Labute approximate surface area is 156 Å². The van der Waals surface area contributed by atoms with Gasteiger partial charge in [0, 0.05) is 6.07 Å². The molecule has 0 radical (unpaired) electrons. The van der Waals surface area contributed by atoms with Gasteiger partial charge in [0.05, 0.1) is 5.69 Å². The normalized spacial score (nSPS) is 14.1. The van der Waals surface area contributed by atoms with Crippen LogP contribution in [0, 0.1) is 11.7 Å². The first-order chi connectivity index (χ1) is 12.6. The van der Waals surface area contributed by atoms with Crippen molar-refractivity contribution in [2.24, 2.45) is 0 Å². The summed E-state index contributed by atoms with van der Waals surface area (Å²) in [6.45, 7) is 5.06. The van der Waals surface area contributed by atoms with E-state index in [-0.39, 0.29) is 6.10 Å². The Morgan fingerprint density at radius 1 is 1.15 bits per heavy atom. The first-order valence-corrected chi connectivity index (χ1v) is 8.84. The van der Waals surface area contributed by atoms with E-state index in [0.717, 1.165) is 22.7 Å². The lowest BCUT2D eigenvalue weighted by atomic mass is 10.2. The number of aromatic nitrogens is 3. The van der Waals surface area contributed by atoms with Crippen LogP contribution in [0.15, 0.2) is 42.5 Å². The van der Waals surface area contributed by atoms with E-state index in [4.69, 9.17) is 26.4 Å². The highest BCUT2D eigenvalue weighted by Gasteiger charge is 2.20. The highest BCUT2D eigenvalue weighted by Crippen LogP contribution is 2.33. The van der Waals surface area contributed by atoms with Gasteiger partial charge in [0.1, 0.15) is 19.0 Å². The lowest BCUT2D eigenvalue weighted by Crippen LogP contribution is -2.16. The van der Waals surface area contributed by atoms with E-state index in [9.17, 15) is 0 Å². The van der Waals surface area contributed by atoms with Crippen molar-refractivity contribution < 1.29 is 14.2 Å². The van der Waals surface area contributed by atoms with Crippen molar-refractivity contribution in [2.75, 3.05) is 13.2 Å². The minimum Gasteiger partial charge on any atom is -0.486 e. The van der Waals surface area contributed by atoms with Crippen molar-refractivity contribution >= 4 is 12.2 Å². The number of ether oxygens (including phenoxy) is 3. The van der Waals surface area contributed by atoms with Gasteiger partial charge in [-0.15, -0.1) is 0 Å². The quantitative estimate of drug-likeness (QED) is 0.700. The number of para-hydroxylation sites is 1. The molecule has 0 saturated carbocycles. The van der Waals surface area contributed by atoms with Gasteiger partial charge < -0.3 is 14.2 Å². The molecule has 1 aliphatic heterocycles. The van der Waals surface area contributed by atoms with E-state index in [1.54, 1.807) is 0 Å². The molecule has 0 bridgehead atoms. The van der Waals surface area contributed by atoms with Crippen LogP contribution in [0.2, 0.25) is 0 Å². The number of benzene rings is 2. The standard InChI is InChI=1S/C19H19N3O3S/c1-12-5-3-4-6-15(12)25-13(2)18-20-21-19(26)22(18)14-7-8-16-17(11-14)24-10-9-23-16/h3-8,11,13H,9-10H2,1-2H3,(H,21,26). The summed E-state index contributed by atoms with van der Waals surface area (Å²) in [6, 6.07) is 13.6. The van der Waals surface area contributed by atoms with E-state index >= 15 is 0 Å². The van der Waals surface area contributed by atoms with Gasteiger partial charge in [0.15, 0.2) is 28.2 Å². The number of aryl methyl sites for hydroxylation is 1. The van der Waals surface area contributed by atoms with Gasteiger partial charge in [-0.25, -0.2) is 0 Å². The molecule has 0 aliphatic carbocycles. The Morgan fingerprint density at radius 2 is 1.92 bits per heavy atom. The average Bonchev–Trinajstić information content (AvgIpc) is 3.05. The van der Waals surface area contributed by atoms with Crippen LogP contribution in [-0.4, -0.2) is 28.0 Å². The molecular weight excluding hydrogens is 350 g/mol. The summed E-state index contributed by atoms with van der Waals surface area (Å²) >= 11 is 5.44. The molecule has 0 amide bonds. The van der Waals surface area contributed by atoms with Crippen LogP contribution in [0.25, 0.3) is 5.69 Å². The summed E-state index contributed by atoms with van der Waals surface area (Å²) in [5, 5.41) is 7.24. The molecule has 1 aromatic heterocycles. The lowest BCUT2D eigenvalue weighted by molar-refractivity contribution is 0.171. The van der Waals surface area contributed by atoms with Crippen molar-refractivity contribution in [3.05, 3.63) is 58.6 Å². The van der Waals surface area contributed by atoms with E-state index in [0.29, 0.717) is 29.6 Å². The largest absolute Gasteiger partial charge is 0.486 e. The second-order valence-corrected chi connectivity index (χ2v) is 6.46. The molecule has 0 fully saturated rings. The molecule has 134 valence electrons. The van der Waals surface area contributed by atoms with Gasteiger partial charge in [0.2, 0.25) is 0 Å². The maximum absolute atomic E-state index is 6.11. The SMILES string of the molecule is Cc1ccccc1OC(C)c1n[nH]c(=S)n1-c1ccc2c(c1)OCCO2. The van der Waals surface area contributed by atoms with Crippen LogP contribution in [-0.2, 0) is 0 Å². The summed E-state index contributed by atoms with van der Waals surface area (Å²) in [5.74, 6) is 2.95. The van der Waals surface area contributed by atoms with Crippen molar-refractivity contribution in [3.8, 4) is 22.9 Å². The molecule has 6 nitrogen and oxygen atoms in total. The molecule has 1 aliphatic rings. The average molecular weight is 369 g/mol. The zero-order valence-electron chi connectivity index (χ0n) is 14.6. The number of hydrogen-bond donors (Lipinski definition) is 1. The Balaban J connectivity index is 1.69. The van der Waals surface area contributed by atoms with E-state index in [1.165, 1.54) is 0 Å². The van der Waals surface area contributed by atoms with Gasteiger partial charge in [0.25, 0.3) is 0 Å². The maximum Gasteiger partial charge on any atom is 0.199 e. The minimum absolute atomic E-state index is 0.294. The predicted octanol–water partition coefficient (Wildman–Crippen LogP) is 4.15. The Hall–Kier alpha value is -2.80. The zero-order chi connectivity index (χ0) is 18.1. The molecule has 4 rings (SSSR count). The predicted molar refractivity (Wildman–Crippen MR) is 100.0 cm³/mol. The highest BCUT2D eigenvalue weighted by atomic mass is 32.1. The molecule has 26 heavy (non-hydrogen) atoms. The van der Waals surface area contributed by atoms with Crippen molar-refractivity contribution in [2.45, 2.75) is 20.0 Å². The van der Waals surface area contributed by atoms with Crippen molar-refractivity contribution in [1.82, 2.24) is 14.8 Å². The first-order valence-electron chi connectivity index (χ1n) is 8.43. The third kappa shape index (κ3) is 3.06. The van der Waals surface area contributed by atoms with Crippen molar-refractivity contribution in [1.29, 1.82) is 0 Å². The van der Waals surface area contributed by atoms with E-state index in [2.05, 4.69) is 10.2 Å². The smallest absolute Gasteiger partial charge is 0.199 e. The lowest BCUT2D eigenvalue weighted by Gasteiger charge is -2.20. The summed E-state index contributed by atoms with van der Waals surface area (Å²) in [4.78, 5) is 0. The molecule has 3 aromatic rings. The molecule has 1 N–H and O–H groups in total. The third-order valence-corrected chi connectivity index (χ3v) is 4.52. The second-order valence-electron chi connectivity index (χ2n) is 6.08. The number of H-pyrrole nitrogens is 1. The summed E-state index contributed by atoms with van der Waals surface area (Å²) in [5.41, 5.74) is 1.92. The van der Waals surface area contributed by atoms with Crippen LogP contribution in [0.5, 0.6) is 17.2 Å². The molecule has 0 saturated heterocycles. The summed E-state index contributed by atoms with van der Waals surface area (Å²) in [7, 11) is 0. The van der Waals surface area contributed by atoms with Crippen LogP contribution < -0.4 is 14.2 Å². The van der Waals surface area contributed by atoms with E-state index in [1.807, 2.05) is 60.9 Å². The third-order valence-electron chi connectivity index (χ3n) is 4.24. The van der Waals surface area contributed by atoms with Crippen LogP contribution in [0.3, 0.4) is 0 Å². The molecule has 7 heteroatoms. The Bertz CT molecular complexity index is 996. The fraction of sp³-hybridized carbons (Fsp3) is 0.263. The van der Waals surface area contributed by atoms with Gasteiger partial charge in [-0.2, -0.15) is 5.10 Å². The highest BCUT2D eigenvalue weighted by molar-refractivity contribution is 7.71.